The minimum Gasteiger partial charge on any atom is -0.364 e. The van der Waals surface area contributed by atoms with E-state index in [0.29, 0.717) is 23.7 Å². The van der Waals surface area contributed by atoms with Crippen molar-refractivity contribution in [2.45, 2.75) is 57.2 Å². The third-order valence-corrected chi connectivity index (χ3v) is 5.14. The van der Waals surface area contributed by atoms with Gasteiger partial charge in [0.15, 0.2) is 0 Å². The Morgan fingerprint density at radius 2 is 2.05 bits per heavy atom. The topological polar surface area (TPSA) is 39.1 Å². The maximum Gasteiger partial charge on any atom is 0.0992 e. The maximum absolute atomic E-state index is 9.14. The van der Waals surface area contributed by atoms with Gasteiger partial charge in [-0.25, -0.2) is 0 Å². The van der Waals surface area contributed by atoms with E-state index in [1.54, 1.807) is 6.07 Å². The Bertz CT molecular complexity index is 537. The van der Waals surface area contributed by atoms with E-state index < -0.39 is 0 Å². The number of nitriles is 1. The van der Waals surface area contributed by atoms with Crippen molar-refractivity contribution in [3.63, 3.8) is 0 Å². The smallest absolute Gasteiger partial charge is 0.0992 e. The molecule has 2 heterocycles. The number of hydrogen-bond acceptors (Lipinski definition) is 3. The summed E-state index contributed by atoms with van der Waals surface area (Å²) in [7, 11) is 0. The van der Waals surface area contributed by atoms with Crippen molar-refractivity contribution in [1.82, 2.24) is 5.32 Å². The first kappa shape index (κ1) is 14.7. The van der Waals surface area contributed by atoms with Crippen LogP contribution in [0.5, 0.6) is 0 Å². The molecule has 2 atom stereocenters. The number of halogens is 1. The van der Waals surface area contributed by atoms with Crippen molar-refractivity contribution >= 4 is 17.3 Å². The molecule has 0 spiro atoms. The fourth-order valence-electron chi connectivity index (χ4n) is 4.01. The first-order chi connectivity index (χ1) is 10.2. The molecule has 2 saturated heterocycles. The molecule has 0 amide bonds. The van der Waals surface area contributed by atoms with Gasteiger partial charge in [-0.1, -0.05) is 18.5 Å². The van der Waals surface area contributed by atoms with Crippen molar-refractivity contribution in [1.29, 1.82) is 5.26 Å². The van der Waals surface area contributed by atoms with Gasteiger partial charge in [0.1, 0.15) is 0 Å². The summed E-state index contributed by atoms with van der Waals surface area (Å²) in [4.78, 5) is 2.50. The van der Waals surface area contributed by atoms with Crippen LogP contribution in [0.1, 0.15) is 44.6 Å². The van der Waals surface area contributed by atoms with Crippen LogP contribution in [0.15, 0.2) is 18.2 Å². The van der Waals surface area contributed by atoms with Crippen molar-refractivity contribution in [3.8, 4) is 6.07 Å². The Hall–Kier alpha value is -1.24. The lowest BCUT2D eigenvalue weighted by Gasteiger charge is -2.50. The maximum atomic E-state index is 9.14. The molecule has 2 unspecified atom stereocenters. The van der Waals surface area contributed by atoms with Gasteiger partial charge in [0.25, 0.3) is 0 Å². The monoisotopic (exact) mass is 303 g/mol. The minimum absolute atomic E-state index is 0.549. The molecule has 0 saturated carbocycles. The van der Waals surface area contributed by atoms with Gasteiger partial charge in [0.2, 0.25) is 0 Å². The normalized spacial score (nSPS) is 28.2. The van der Waals surface area contributed by atoms with E-state index in [4.69, 9.17) is 16.9 Å². The van der Waals surface area contributed by atoms with Crippen LogP contribution in [0.4, 0.5) is 5.69 Å². The molecule has 0 aromatic heterocycles. The number of fused-ring (bicyclic) bond motifs is 2. The van der Waals surface area contributed by atoms with Crippen LogP contribution in [0.3, 0.4) is 0 Å². The zero-order valence-corrected chi connectivity index (χ0v) is 13.2. The van der Waals surface area contributed by atoms with E-state index in [2.05, 4.69) is 23.2 Å². The van der Waals surface area contributed by atoms with E-state index in [0.717, 1.165) is 17.3 Å². The van der Waals surface area contributed by atoms with Crippen molar-refractivity contribution in [2.24, 2.45) is 0 Å². The molecule has 3 rings (SSSR count). The van der Waals surface area contributed by atoms with Gasteiger partial charge in [-0.3, -0.25) is 0 Å². The molecule has 4 heteroatoms. The number of nitrogens with zero attached hydrogens (tertiary/aromatic N) is 2. The lowest BCUT2D eigenvalue weighted by molar-refractivity contribution is 0.247. The Balaban J connectivity index is 1.90. The summed E-state index contributed by atoms with van der Waals surface area (Å²) < 4.78 is 0. The Kier molecular flexibility index (Phi) is 4.37. The number of piperidine rings is 2. The number of nitrogens with one attached hydrogen (secondary N) is 1. The predicted molar refractivity (Wildman–Crippen MR) is 86.8 cm³/mol. The summed E-state index contributed by atoms with van der Waals surface area (Å²) in [5.74, 6) is 0. The van der Waals surface area contributed by atoms with Crippen LogP contribution in [0, 0.1) is 11.3 Å². The Labute approximate surface area is 131 Å². The Morgan fingerprint density at radius 1 is 1.33 bits per heavy atom. The van der Waals surface area contributed by atoms with E-state index in [1.165, 1.54) is 32.1 Å². The second-order valence-electron chi connectivity index (χ2n) is 6.15. The van der Waals surface area contributed by atoms with Gasteiger partial charge in [0.05, 0.1) is 22.3 Å². The third kappa shape index (κ3) is 2.88. The quantitative estimate of drug-likeness (QED) is 0.925. The van der Waals surface area contributed by atoms with Crippen molar-refractivity contribution in [2.75, 3.05) is 11.4 Å². The molecule has 21 heavy (non-hydrogen) atoms. The first-order valence-electron chi connectivity index (χ1n) is 7.94. The molecule has 2 aliphatic rings. The van der Waals surface area contributed by atoms with Crippen LogP contribution in [0.2, 0.25) is 5.02 Å². The van der Waals surface area contributed by atoms with Crippen molar-refractivity contribution < 1.29 is 0 Å². The lowest BCUT2D eigenvalue weighted by atomic mass is 9.81. The first-order valence-corrected chi connectivity index (χ1v) is 8.32. The molecule has 1 N–H and O–H groups in total. The van der Waals surface area contributed by atoms with Crippen LogP contribution in [0.25, 0.3) is 0 Å². The van der Waals surface area contributed by atoms with Gasteiger partial charge in [0, 0.05) is 18.1 Å². The van der Waals surface area contributed by atoms with E-state index in [9.17, 15) is 0 Å². The highest BCUT2D eigenvalue weighted by Crippen LogP contribution is 2.40. The average molecular weight is 304 g/mol. The highest BCUT2D eigenvalue weighted by molar-refractivity contribution is 6.33. The summed E-state index contributed by atoms with van der Waals surface area (Å²) in [5, 5.41) is 13.5. The number of benzene rings is 1. The molecule has 2 aliphatic heterocycles. The second kappa shape index (κ2) is 6.25. The molecular formula is C17H22ClN3. The average Bonchev–Trinajstić information content (AvgIpc) is 2.47. The summed E-state index contributed by atoms with van der Waals surface area (Å²) >= 11 is 6.43. The van der Waals surface area contributed by atoms with Gasteiger partial charge >= 0.3 is 0 Å². The predicted octanol–water partition coefficient (Wildman–Crippen LogP) is 3.71. The second-order valence-corrected chi connectivity index (χ2v) is 6.56. The lowest BCUT2D eigenvalue weighted by Crippen LogP contribution is -2.56. The number of rotatable bonds is 3. The van der Waals surface area contributed by atoms with Crippen LogP contribution >= 0.6 is 11.6 Å². The van der Waals surface area contributed by atoms with Gasteiger partial charge in [-0.2, -0.15) is 5.26 Å². The molecule has 112 valence electrons. The third-order valence-electron chi connectivity index (χ3n) is 4.82. The highest BCUT2D eigenvalue weighted by Gasteiger charge is 2.38. The van der Waals surface area contributed by atoms with Gasteiger partial charge < -0.3 is 10.2 Å². The molecule has 2 fully saturated rings. The number of anilines is 1. The highest BCUT2D eigenvalue weighted by atomic mass is 35.5. The fourth-order valence-corrected chi connectivity index (χ4v) is 4.23. The fraction of sp³-hybridized carbons (Fsp3) is 0.588. The molecule has 0 aliphatic carbocycles. The van der Waals surface area contributed by atoms with E-state index >= 15 is 0 Å². The SMILES string of the molecule is CCNC1CC2CCCC(C1)N2c1cc(C#N)ccc1Cl. The molecule has 1 aromatic rings. The summed E-state index contributed by atoms with van der Waals surface area (Å²) in [6.07, 6.45) is 6.12. The molecular weight excluding hydrogens is 282 g/mol. The molecule has 0 radical (unpaired) electrons. The Morgan fingerprint density at radius 3 is 2.67 bits per heavy atom. The zero-order valence-electron chi connectivity index (χ0n) is 12.5. The largest absolute Gasteiger partial charge is 0.364 e. The van der Waals surface area contributed by atoms with Gasteiger partial charge in [-0.05, 0) is 56.8 Å². The standard InChI is InChI=1S/C17H22ClN3/c1-2-20-13-9-14-4-3-5-15(10-13)21(14)17-8-12(11-19)6-7-16(17)18/h6-8,13-15,20H,2-5,9-10H2,1H3. The molecule has 2 bridgehead atoms. The van der Waals surface area contributed by atoms with Crippen LogP contribution < -0.4 is 10.2 Å². The minimum atomic E-state index is 0.549. The van der Waals surface area contributed by atoms with E-state index in [-0.39, 0.29) is 0 Å². The van der Waals surface area contributed by atoms with Crippen molar-refractivity contribution in [3.05, 3.63) is 28.8 Å². The van der Waals surface area contributed by atoms with E-state index in [1.807, 2.05) is 12.1 Å². The van der Waals surface area contributed by atoms with Crippen LogP contribution in [-0.2, 0) is 0 Å². The van der Waals surface area contributed by atoms with Gasteiger partial charge in [-0.15, -0.1) is 0 Å². The summed E-state index contributed by atoms with van der Waals surface area (Å²) in [6, 6.07) is 9.57. The summed E-state index contributed by atoms with van der Waals surface area (Å²) in [6.45, 7) is 3.21. The number of hydrogen-bond donors (Lipinski definition) is 1. The summed E-state index contributed by atoms with van der Waals surface area (Å²) in [5.41, 5.74) is 1.75. The zero-order chi connectivity index (χ0) is 14.8. The van der Waals surface area contributed by atoms with Crippen LogP contribution in [-0.4, -0.2) is 24.7 Å². The molecule has 1 aromatic carbocycles. The molecule has 3 nitrogen and oxygen atoms in total.